The number of pyridine rings is 3. The number of hydrogen-bond donors (Lipinski definition) is 2. The van der Waals surface area contributed by atoms with E-state index < -0.39 is 0 Å². The van der Waals surface area contributed by atoms with Gasteiger partial charge in [0, 0.05) is 43.9 Å². The largest absolute Gasteiger partial charge is 0.490 e. The Morgan fingerprint density at radius 3 is 2.50 bits per heavy atom. The lowest BCUT2D eigenvalue weighted by atomic mass is 10.1. The molecule has 3 aromatic heterocycles. The van der Waals surface area contributed by atoms with E-state index in [1.807, 2.05) is 54.9 Å². The molecule has 0 radical (unpaired) electrons. The second-order valence-corrected chi connectivity index (χ2v) is 9.22. The van der Waals surface area contributed by atoms with Gasteiger partial charge in [-0.05, 0) is 79.1 Å². The number of nitrogens with zero attached hydrogens (tertiary/aromatic N) is 5. The van der Waals surface area contributed by atoms with Gasteiger partial charge in [0.2, 0.25) is 0 Å². The number of benzene rings is 1. The van der Waals surface area contributed by atoms with Crippen LogP contribution >= 0.6 is 0 Å². The fourth-order valence-electron chi connectivity index (χ4n) is 4.96. The van der Waals surface area contributed by atoms with Crippen LogP contribution < -0.4 is 20.7 Å². The highest BCUT2D eigenvalue weighted by molar-refractivity contribution is 5.79. The first-order chi connectivity index (χ1) is 17.7. The molecule has 0 amide bonds. The standard InChI is InChI=1S/C28H29N7O/c29-26-18-20(10-15-31-26)19-34-16-11-23(12-17-34)36-22-8-6-21(7-9-22)35-27-25(5-3-14-32-27)33-28(35)24-4-1-2-13-30-24/h1-10,13-15,18,23,28,33H,11-12,16-17,19H2,(H2,29,31). The smallest absolute Gasteiger partial charge is 0.158 e. The summed E-state index contributed by atoms with van der Waals surface area (Å²) in [5.74, 6) is 2.36. The molecule has 8 nitrogen and oxygen atoms in total. The number of nitrogens with two attached hydrogens (primary N) is 1. The second kappa shape index (κ2) is 9.83. The second-order valence-electron chi connectivity index (χ2n) is 9.22. The molecule has 2 aliphatic rings. The van der Waals surface area contributed by atoms with Gasteiger partial charge in [0.1, 0.15) is 23.8 Å². The summed E-state index contributed by atoms with van der Waals surface area (Å²) in [5.41, 5.74) is 10.00. The number of aromatic nitrogens is 3. The fraction of sp³-hybridized carbons (Fsp3) is 0.250. The quantitative estimate of drug-likeness (QED) is 0.409. The van der Waals surface area contributed by atoms with Crippen LogP contribution in [0, 0.1) is 0 Å². The molecule has 1 saturated heterocycles. The van der Waals surface area contributed by atoms with Gasteiger partial charge in [0.25, 0.3) is 0 Å². The highest BCUT2D eigenvalue weighted by atomic mass is 16.5. The Morgan fingerprint density at radius 2 is 1.72 bits per heavy atom. The number of fused-ring (bicyclic) bond motifs is 1. The Hall–Kier alpha value is -4.17. The Labute approximate surface area is 210 Å². The molecular formula is C28H29N7O. The van der Waals surface area contributed by atoms with E-state index in [0.29, 0.717) is 5.82 Å². The predicted molar refractivity (Wildman–Crippen MR) is 141 cm³/mol. The van der Waals surface area contributed by atoms with Crippen LogP contribution in [0.1, 0.15) is 30.3 Å². The van der Waals surface area contributed by atoms with E-state index in [1.54, 1.807) is 6.20 Å². The van der Waals surface area contributed by atoms with E-state index in [0.717, 1.165) is 61.1 Å². The molecule has 6 rings (SSSR count). The van der Waals surface area contributed by atoms with Crippen molar-refractivity contribution in [3.05, 3.63) is 96.6 Å². The Balaban J connectivity index is 1.11. The molecule has 1 atom stereocenters. The number of nitrogen functional groups attached to an aromatic ring is 1. The zero-order valence-corrected chi connectivity index (χ0v) is 20.0. The summed E-state index contributed by atoms with van der Waals surface area (Å²) in [6, 6.07) is 22.2. The molecule has 0 saturated carbocycles. The van der Waals surface area contributed by atoms with Gasteiger partial charge in [-0.2, -0.15) is 0 Å². The number of piperidine rings is 1. The van der Waals surface area contributed by atoms with Gasteiger partial charge in [-0.25, -0.2) is 9.97 Å². The van der Waals surface area contributed by atoms with E-state index in [4.69, 9.17) is 10.5 Å². The van der Waals surface area contributed by atoms with Crippen molar-refractivity contribution in [3.8, 4) is 5.75 Å². The number of ether oxygens (including phenoxy) is 1. The summed E-state index contributed by atoms with van der Waals surface area (Å²) in [4.78, 5) is 17.9. The minimum absolute atomic E-state index is 0.122. The van der Waals surface area contributed by atoms with Crippen molar-refractivity contribution >= 4 is 23.0 Å². The van der Waals surface area contributed by atoms with E-state index >= 15 is 0 Å². The number of hydrogen-bond acceptors (Lipinski definition) is 8. The molecule has 0 aliphatic carbocycles. The minimum atomic E-state index is -0.122. The van der Waals surface area contributed by atoms with Gasteiger partial charge < -0.3 is 15.8 Å². The van der Waals surface area contributed by atoms with E-state index in [9.17, 15) is 0 Å². The molecular weight excluding hydrogens is 450 g/mol. The Morgan fingerprint density at radius 1 is 0.889 bits per heavy atom. The molecule has 1 aromatic carbocycles. The normalized spacial score (nSPS) is 18.0. The molecule has 0 spiro atoms. The number of anilines is 4. The lowest BCUT2D eigenvalue weighted by molar-refractivity contribution is 0.0968. The minimum Gasteiger partial charge on any atom is -0.490 e. The van der Waals surface area contributed by atoms with Crippen molar-refractivity contribution in [3.63, 3.8) is 0 Å². The molecule has 182 valence electrons. The van der Waals surface area contributed by atoms with Crippen LogP contribution in [0.3, 0.4) is 0 Å². The van der Waals surface area contributed by atoms with Crippen molar-refractivity contribution in [2.24, 2.45) is 0 Å². The van der Waals surface area contributed by atoms with Crippen molar-refractivity contribution in [2.45, 2.75) is 31.7 Å². The molecule has 1 fully saturated rings. The topological polar surface area (TPSA) is 92.4 Å². The summed E-state index contributed by atoms with van der Waals surface area (Å²) < 4.78 is 6.35. The lowest BCUT2D eigenvalue weighted by Gasteiger charge is -2.32. The molecule has 36 heavy (non-hydrogen) atoms. The average Bonchev–Trinajstić information content (AvgIpc) is 3.31. The van der Waals surface area contributed by atoms with Crippen molar-refractivity contribution in [1.82, 2.24) is 19.9 Å². The van der Waals surface area contributed by atoms with Gasteiger partial charge in [-0.15, -0.1) is 0 Å². The zero-order valence-electron chi connectivity index (χ0n) is 20.0. The van der Waals surface area contributed by atoms with Gasteiger partial charge in [0.15, 0.2) is 5.82 Å². The molecule has 0 bridgehead atoms. The Bertz CT molecular complexity index is 1310. The molecule has 3 N–H and O–H groups in total. The van der Waals surface area contributed by atoms with Crippen molar-refractivity contribution < 1.29 is 4.74 Å². The van der Waals surface area contributed by atoms with E-state index in [1.165, 1.54) is 5.56 Å². The van der Waals surface area contributed by atoms with Crippen LogP contribution in [-0.2, 0) is 6.54 Å². The predicted octanol–water partition coefficient (Wildman–Crippen LogP) is 4.76. The monoisotopic (exact) mass is 479 g/mol. The summed E-state index contributed by atoms with van der Waals surface area (Å²) in [6.07, 6.45) is 7.50. The van der Waals surface area contributed by atoms with Gasteiger partial charge in [-0.3, -0.25) is 14.8 Å². The third-order valence-electron chi connectivity index (χ3n) is 6.74. The average molecular weight is 480 g/mol. The summed E-state index contributed by atoms with van der Waals surface area (Å²) in [6.45, 7) is 2.89. The van der Waals surface area contributed by atoms with Crippen LogP contribution in [0.15, 0.2) is 85.3 Å². The first kappa shape index (κ1) is 22.3. The first-order valence-corrected chi connectivity index (χ1v) is 12.3. The third-order valence-corrected chi connectivity index (χ3v) is 6.74. The maximum absolute atomic E-state index is 6.35. The van der Waals surface area contributed by atoms with Gasteiger partial charge in [-0.1, -0.05) is 6.07 Å². The molecule has 4 aromatic rings. The fourth-order valence-corrected chi connectivity index (χ4v) is 4.96. The number of likely N-dealkylation sites (tertiary alicyclic amines) is 1. The van der Waals surface area contributed by atoms with E-state index in [2.05, 4.69) is 54.3 Å². The van der Waals surface area contributed by atoms with E-state index in [-0.39, 0.29) is 12.3 Å². The van der Waals surface area contributed by atoms with Crippen LogP contribution in [0.5, 0.6) is 5.75 Å². The SMILES string of the molecule is Nc1cc(CN2CCC(Oc3ccc(N4c5ncccc5NC4c4ccccn4)cc3)CC2)ccn1. The molecule has 5 heterocycles. The molecule has 2 aliphatic heterocycles. The van der Waals surface area contributed by atoms with Crippen LogP contribution in [0.2, 0.25) is 0 Å². The number of nitrogens with one attached hydrogen (secondary N) is 1. The maximum Gasteiger partial charge on any atom is 0.158 e. The molecule has 8 heteroatoms. The lowest BCUT2D eigenvalue weighted by Crippen LogP contribution is -2.37. The van der Waals surface area contributed by atoms with Crippen LogP contribution in [0.4, 0.5) is 23.0 Å². The highest BCUT2D eigenvalue weighted by Crippen LogP contribution is 2.44. The summed E-state index contributed by atoms with van der Waals surface area (Å²) >= 11 is 0. The first-order valence-electron chi connectivity index (χ1n) is 12.3. The maximum atomic E-state index is 6.35. The zero-order chi connectivity index (χ0) is 24.3. The Kier molecular flexibility index (Phi) is 6.09. The number of rotatable bonds is 6. The summed E-state index contributed by atoms with van der Waals surface area (Å²) in [7, 11) is 0. The van der Waals surface area contributed by atoms with Gasteiger partial charge >= 0.3 is 0 Å². The summed E-state index contributed by atoms with van der Waals surface area (Å²) in [5, 5.41) is 3.56. The molecule has 1 unspecified atom stereocenters. The van der Waals surface area contributed by atoms with Crippen molar-refractivity contribution in [2.75, 3.05) is 29.0 Å². The van der Waals surface area contributed by atoms with Crippen LogP contribution in [0.25, 0.3) is 0 Å². The third kappa shape index (κ3) is 4.67. The van der Waals surface area contributed by atoms with Gasteiger partial charge in [0.05, 0.1) is 11.4 Å². The van der Waals surface area contributed by atoms with Crippen LogP contribution in [-0.4, -0.2) is 39.0 Å². The van der Waals surface area contributed by atoms with Crippen molar-refractivity contribution in [1.29, 1.82) is 0 Å². The highest BCUT2D eigenvalue weighted by Gasteiger charge is 2.33.